The Balaban J connectivity index is 1.63. The summed E-state index contributed by atoms with van der Waals surface area (Å²) >= 11 is 1.40. The molecule has 0 radical (unpaired) electrons. The molecule has 1 aromatic heterocycles. The fourth-order valence-electron chi connectivity index (χ4n) is 3.94. The quantitative estimate of drug-likeness (QED) is 0.564. The summed E-state index contributed by atoms with van der Waals surface area (Å²) in [6.45, 7) is 2.96. The van der Waals surface area contributed by atoms with Crippen molar-refractivity contribution in [2.24, 2.45) is 10.9 Å². The number of halogens is 1. The van der Waals surface area contributed by atoms with Crippen molar-refractivity contribution in [2.75, 3.05) is 20.2 Å². The zero-order valence-corrected chi connectivity index (χ0v) is 19.5. The molecule has 0 bridgehead atoms. The number of methoxy groups -OCH3 is 1. The lowest BCUT2D eigenvalue weighted by Crippen LogP contribution is -2.42. The molecule has 4 rings (SSSR count). The first kappa shape index (κ1) is 22.6. The minimum absolute atomic E-state index is 0.0179. The van der Waals surface area contributed by atoms with Crippen LogP contribution in [0.2, 0.25) is 0 Å². The number of carbonyl (C=O) groups excluding carboxylic acids is 1. The van der Waals surface area contributed by atoms with Crippen LogP contribution in [0.15, 0.2) is 52.4 Å². The van der Waals surface area contributed by atoms with Crippen LogP contribution in [0.4, 0.5) is 4.39 Å². The first-order chi connectivity index (χ1) is 15.3. The molecule has 1 aliphatic rings. The number of aromatic nitrogens is 1. The maximum atomic E-state index is 13.2. The highest BCUT2D eigenvalue weighted by molar-refractivity contribution is 7.89. The van der Waals surface area contributed by atoms with Gasteiger partial charge in [-0.15, -0.1) is 0 Å². The molecule has 10 heteroatoms. The molecule has 0 N–H and O–H groups in total. The van der Waals surface area contributed by atoms with Crippen LogP contribution in [0.3, 0.4) is 0 Å². The van der Waals surface area contributed by atoms with Gasteiger partial charge >= 0.3 is 0 Å². The van der Waals surface area contributed by atoms with Crippen molar-refractivity contribution in [3.63, 3.8) is 0 Å². The molecular weight excluding hydrogens is 453 g/mol. The number of nitrogens with zero attached hydrogens (tertiary/aromatic N) is 3. The van der Waals surface area contributed by atoms with E-state index < -0.39 is 21.8 Å². The molecule has 1 saturated heterocycles. The number of carbonyl (C=O) groups is 1. The summed E-state index contributed by atoms with van der Waals surface area (Å²) in [7, 11) is -2.20. The van der Waals surface area contributed by atoms with Crippen molar-refractivity contribution in [3.05, 3.63) is 53.1 Å². The smallest absolute Gasteiger partial charge is 0.252 e. The Morgan fingerprint density at radius 2 is 2.00 bits per heavy atom. The van der Waals surface area contributed by atoms with Crippen molar-refractivity contribution in [3.8, 4) is 5.75 Å². The van der Waals surface area contributed by atoms with Crippen LogP contribution in [0, 0.1) is 11.7 Å². The molecule has 1 amide bonds. The van der Waals surface area contributed by atoms with Gasteiger partial charge in [0.05, 0.1) is 22.6 Å². The van der Waals surface area contributed by atoms with Gasteiger partial charge in [-0.2, -0.15) is 9.30 Å². The van der Waals surface area contributed by atoms with Crippen LogP contribution >= 0.6 is 11.3 Å². The third-order valence-corrected chi connectivity index (χ3v) is 8.51. The summed E-state index contributed by atoms with van der Waals surface area (Å²) < 4.78 is 48.8. The Kier molecular flexibility index (Phi) is 6.45. The van der Waals surface area contributed by atoms with E-state index in [0.717, 1.165) is 22.3 Å². The fourth-order valence-corrected chi connectivity index (χ4v) is 6.59. The summed E-state index contributed by atoms with van der Waals surface area (Å²) in [5.41, 5.74) is 0.887. The standard InChI is InChI=1S/C22H24FN3O4S2/c1-3-26-20-18(30-2)7-4-8-19(20)31-22(26)24-21(27)15-6-5-13-25(14-15)32(28,29)17-11-9-16(23)10-12-17/h4,7-12,15H,3,5-6,13-14H2,1-2H3. The van der Waals surface area contributed by atoms with Gasteiger partial charge in [-0.25, -0.2) is 12.8 Å². The zero-order chi connectivity index (χ0) is 22.9. The molecule has 2 aromatic carbocycles. The lowest BCUT2D eigenvalue weighted by atomic mass is 9.99. The number of fused-ring (bicyclic) bond motifs is 1. The number of thiazole rings is 1. The number of piperidine rings is 1. The van der Waals surface area contributed by atoms with Gasteiger partial charge in [0, 0.05) is 19.6 Å². The van der Waals surface area contributed by atoms with Gasteiger partial charge in [0.25, 0.3) is 5.91 Å². The number of benzene rings is 2. The average molecular weight is 478 g/mol. The number of rotatable bonds is 5. The van der Waals surface area contributed by atoms with Gasteiger partial charge in [0.1, 0.15) is 17.1 Å². The van der Waals surface area contributed by atoms with E-state index in [1.807, 2.05) is 29.7 Å². The maximum Gasteiger partial charge on any atom is 0.252 e. The van der Waals surface area contributed by atoms with E-state index in [2.05, 4.69) is 4.99 Å². The van der Waals surface area contributed by atoms with E-state index >= 15 is 0 Å². The van der Waals surface area contributed by atoms with Crippen LogP contribution in [0.5, 0.6) is 5.75 Å². The predicted molar refractivity (Wildman–Crippen MR) is 120 cm³/mol. The first-order valence-electron chi connectivity index (χ1n) is 10.4. The lowest BCUT2D eigenvalue weighted by Gasteiger charge is -2.30. The van der Waals surface area contributed by atoms with Crippen LogP contribution in [0.1, 0.15) is 19.8 Å². The summed E-state index contributed by atoms with van der Waals surface area (Å²) in [6.07, 6.45) is 1.12. The molecule has 0 saturated carbocycles. The number of aryl methyl sites for hydroxylation is 1. The monoisotopic (exact) mass is 477 g/mol. The highest BCUT2D eigenvalue weighted by Crippen LogP contribution is 2.28. The van der Waals surface area contributed by atoms with Gasteiger partial charge in [-0.1, -0.05) is 17.4 Å². The molecule has 1 aliphatic heterocycles. The number of ether oxygens (including phenoxy) is 1. The number of hydrogen-bond acceptors (Lipinski definition) is 5. The Morgan fingerprint density at radius 1 is 1.25 bits per heavy atom. The molecule has 1 fully saturated rings. The Morgan fingerprint density at radius 3 is 2.69 bits per heavy atom. The second kappa shape index (κ2) is 9.13. The Bertz CT molecular complexity index is 1310. The summed E-state index contributed by atoms with van der Waals surface area (Å²) in [5.74, 6) is -0.657. The Hall–Kier alpha value is -2.56. The van der Waals surface area contributed by atoms with E-state index in [0.29, 0.717) is 36.5 Å². The van der Waals surface area contributed by atoms with E-state index in [1.165, 1.54) is 27.8 Å². The normalized spacial score (nSPS) is 18.2. The third kappa shape index (κ3) is 4.22. The van der Waals surface area contributed by atoms with E-state index in [1.54, 1.807) is 7.11 Å². The van der Waals surface area contributed by atoms with Crippen molar-refractivity contribution in [2.45, 2.75) is 31.2 Å². The molecule has 1 atom stereocenters. The van der Waals surface area contributed by atoms with Crippen LogP contribution < -0.4 is 9.54 Å². The fraction of sp³-hybridized carbons (Fsp3) is 0.364. The zero-order valence-electron chi connectivity index (χ0n) is 17.8. The van der Waals surface area contributed by atoms with E-state index in [9.17, 15) is 17.6 Å². The molecule has 7 nitrogen and oxygen atoms in total. The summed E-state index contributed by atoms with van der Waals surface area (Å²) in [6, 6.07) is 10.4. The lowest BCUT2D eigenvalue weighted by molar-refractivity contribution is -0.122. The van der Waals surface area contributed by atoms with Crippen molar-refractivity contribution >= 4 is 37.5 Å². The van der Waals surface area contributed by atoms with Gasteiger partial charge in [-0.05, 0) is 56.2 Å². The van der Waals surface area contributed by atoms with Gasteiger partial charge in [-0.3, -0.25) is 4.79 Å². The maximum absolute atomic E-state index is 13.2. The topological polar surface area (TPSA) is 81.0 Å². The molecular formula is C22H24FN3O4S2. The molecule has 32 heavy (non-hydrogen) atoms. The van der Waals surface area contributed by atoms with Crippen molar-refractivity contribution in [1.29, 1.82) is 0 Å². The molecule has 2 heterocycles. The molecule has 0 aliphatic carbocycles. The second-order valence-corrected chi connectivity index (χ2v) is 10.5. The SMILES string of the molecule is CCn1c(=NC(=O)C2CCCN(S(=O)(=O)c3ccc(F)cc3)C2)sc2cccc(OC)c21. The predicted octanol–water partition coefficient (Wildman–Crippen LogP) is 3.40. The minimum Gasteiger partial charge on any atom is -0.495 e. The molecule has 0 spiro atoms. The van der Waals surface area contributed by atoms with Gasteiger partial charge in [0.2, 0.25) is 10.0 Å². The molecule has 1 unspecified atom stereocenters. The van der Waals surface area contributed by atoms with Crippen LogP contribution in [0.25, 0.3) is 10.2 Å². The molecule has 170 valence electrons. The van der Waals surface area contributed by atoms with Crippen molar-refractivity contribution in [1.82, 2.24) is 8.87 Å². The average Bonchev–Trinajstić information content (AvgIpc) is 3.16. The highest BCUT2D eigenvalue weighted by atomic mass is 32.2. The summed E-state index contributed by atoms with van der Waals surface area (Å²) in [4.78, 5) is 18.0. The number of amides is 1. The minimum atomic E-state index is -3.81. The first-order valence-corrected chi connectivity index (χ1v) is 12.6. The largest absolute Gasteiger partial charge is 0.495 e. The number of para-hydroxylation sites is 1. The van der Waals surface area contributed by atoms with Gasteiger partial charge < -0.3 is 9.30 Å². The second-order valence-electron chi connectivity index (χ2n) is 7.54. The summed E-state index contributed by atoms with van der Waals surface area (Å²) in [5, 5.41) is 0. The Labute approximate surface area is 189 Å². The van der Waals surface area contributed by atoms with E-state index in [-0.39, 0.29) is 17.3 Å². The number of hydrogen-bond donors (Lipinski definition) is 0. The van der Waals surface area contributed by atoms with Crippen LogP contribution in [-0.2, 0) is 21.4 Å². The highest BCUT2D eigenvalue weighted by Gasteiger charge is 2.33. The van der Waals surface area contributed by atoms with E-state index in [4.69, 9.17) is 4.74 Å². The van der Waals surface area contributed by atoms with Crippen LogP contribution in [-0.4, -0.2) is 43.4 Å². The number of sulfonamides is 1. The van der Waals surface area contributed by atoms with Crippen molar-refractivity contribution < 1.29 is 22.3 Å². The third-order valence-electron chi connectivity index (χ3n) is 5.59. The van der Waals surface area contributed by atoms with Gasteiger partial charge in [0.15, 0.2) is 4.80 Å². The molecule has 3 aromatic rings.